The van der Waals surface area contributed by atoms with Gasteiger partial charge in [0, 0.05) is 26.2 Å². The summed E-state index contributed by atoms with van der Waals surface area (Å²) in [5.74, 6) is 0. The fraction of sp³-hybridized carbons (Fsp3) is 0.222. The van der Waals surface area contributed by atoms with Gasteiger partial charge in [0.05, 0.1) is 6.54 Å². The smallest absolute Gasteiger partial charge is 0.185 e. The van der Waals surface area contributed by atoms with Gasteiger partial charge < -0.3 is 4.74 Å². The Morgan fingerprint density at radius 2 is 1.96 bits per heavy atom. The first-order valence-corrected chi connectivity index (χ1v) is 10.2. The van der Waals surface area contributed by atoms with Gasteiger partial charge in [-0.15, -0.1) is 0 Å². The van der Waals surface area contributed by atoms with Crippen LogP contribution in [0.4, 0.5) is 0 Å². The van der Waals surface area contributed by atoms with Gasteiger partial charge in [0.1, 0.15) is 18.0 Å². The quantitative estimate of drug-likeness (QED) is 0.392. The minimum atomic E-state index is -0.659. The van der Waals surface area contributed by atoms with Crippen LogP contribution in [-0.2, 0) is 16.9 Å². The number of ether oxygens (including phenoxy) is 1. The standard InChI is InChI=1S/C18H14Cl3N3OS/c1-26-17-22-10-23-24(17)9-18(13-4-2-3-5-14(13)20)16(25-18)12-7-6-11(19)8-15(12)21/h2-8,10,16H,9H2,1H3. The van der Waals surface area contributed by atoms with E-state index in [4.69, 9.17) is 39.5 Å². The molecule has 134 valence electrons. The average molecular weight is 427 g/mol. The average Bonchev–Trinajstić information content (AvgIpc) is 3.14. The van der Waals surface area contributed by atoms with Crippen molar-refractivity contribution in [1.82, 2.24) is 14.8 Å². The second-order valence-electron chi connectivity index (χ2n) is 5.94. The van der Waals surface area contributed by atoms with Crippen molar-refractivity contribution in [1.29, 1.82) is 0 Å². The topological polar surface area (TPSA) is 43.2 Å². The van der Waals surface area contributed by atoms with E-state index in [0.29, 0.717) is 21.6 Å². The maximum Gasteiger partial charge on any atom is 0.185 e. The summed E-state index contributed by atoms with van der Waals surface area (Å²) in [5.41, 5.74) is 1.12. The Balaban J connectivity index is 1.78. The van der Waals surface area contributed by atoms with Crippen LogP contribution >= 0.6 is 46.6 Å². The molecule has 2 unspecified atom stereocenters. The highest BCUT2D eigenvalue weighted by Crippen LogP contribution is 2.60. The number of rotatable bonds is 5. The first-order chi connectivity index (χ1) is 12.5. The molecule has 1 aromatic heterocycles. The molecule has 0 spiro atoms. The molecule has 2 atom stereocenters. The highest BCUT2D eigenvalue weighted by Gasteiger charge is 2.60. The van der Waals surface area contributed by atoms with E-state index in [9.17, 15) is 0 Å². The molecule has 2 heterocycles. The van der Waals surface area contributed by atoms with Crippen LogP contribution < -0.4 is 0 Å². The molecule has 0 N–H and O–H groups in total. The number of hydrogen-bond donors (Lipinski definition) is 0. The Morgan fingerprint density at radius 1 is 1.15 bits per heavy atom. The molecular weight excluding hydrogens is 413 g/mol. The third-order valence-electron chi connectivity index (χ3n) is 4.42. The van der Waals surface area contributed by atoms with Gasteiger partial charge in [0.25, 0.3) is 0 Å². The molecule has 1 fully saturated rings. The number of epoxide rings is 1. The van der Waals surface area contributed by atoms with Gasteiger partial charge in [0.2, 0.25) is 0 Å². The van der Waals surface area contributed by atoms with E-state index in [1.165, 1.54) is 11.8 Å². The van der Waals surface area contributed by atoms with Gasteiger partial charge in [0.15, 0.2) is 5.16 Å². The normalized spacial score (nSPS) is 21.8. The summed E-state index contributed by atoms with van der Waals surface area (Å²) in [4.78, 5) is 4.27. The fourth-order valence-electron chi connectivity index (χ4n) is 3.16. The minimum absolute atomic E-state index is 0.244. The molecule has 0 saturated carbocycles. The number of nitrogens with zero attached hydrogens (tertiary/aromatic N) is 3. The largest absolute Gasteiger partial charge is 0.354 e. The van der Waals surface area contributed by atoms with Crippen LogP contribution in [0.5, 0.6) is 0 Å². The third-order valence-corrected chi connectivity index (χ3v) is 5.99. The van der Waals surface area contributed by atoms with E-state index in [1.54, 1.807) is 12.4 Å². The Bertz CT molecular complexity index is 964. The number of benzene rings is 2. The first kappa shape index (κ1) is 18.1. The van der Waals surface area contributed by atoms with Crippen molar-refractivity contribution in [2.45, 2.75) is 23.4 Å². The van der Waals surface area contributed by atoms with Crippen molar-refractivity contribution in [3.8, 4) is 0 Å². The molecule has 3 aromatic rings. The van der Waals surface area contributed by atoms with Crippen LogP contribution in [-0.4, -0.2) is 21.0 Å². The van der Waals surface area contributed by atoms with Gasteiger partial charge in [-0.3, -0.25) is 0 Å². The summed E-state index contributed by atoms with van der Waals surface area (Å²) in [5, 5.41) is 6.95. The summed E-state index contributed by atoms with van der Waals surface area (Å²) in [6.45, 7) is 0.483. The van der Waals surface area contributed by atoms with Crippen LogP contribution in [0.15, 0.2) is 53.9 Å². The van der Waals surface area contributed by atoms with Gasteiger partial charge >= 0.3 is 0 Å². The van der Waals surface area contributed by atoms with Crippen molar-refractivity contribution in [3.63, 3.8) is 0 Å². The first-order valence-electron chi connectivity index (χ1n) is 7.85. The molecule has 2 aromatic carbocycles. The van der Waals surface area contributed by atoms with Gasteiger partial charge in [-0.2, -0.15) is 5.10 Å². The Hall–Kier alpha value is -1.24. The minimum Gasteiger partial charge on any atom is -0.354 e. The van der Waals surface area contributed by atoms with Gasteiger partial charge in [-0.25, -0.2) is 9.67 Å². The summed E-state index contributed by atoms with van der Waals surface area (Å²) >= 11 is 20.5. The lowest BCUT2D eigenvalue weighted by molar-refractivity contribution is 0.256. The van der Waals surface area contributed by atoms with E-state index >= 15 is 0 Å². The zero-order valence-corrected chi connectivity index (χ0v) is 16.8. The molecule has 0 bridgehead atoms. The maximum absolute atomic E-state index is 6.50. The van der Waals surface area contributed by atoms with Crippen LogP contribution in [0.3, 0.4) is 0 Å². The van der Waals surface area contributed by atoms with E-state index in [0.717, 1.165) is 16.3 Å². The molecular formula is C18H14Cl3N3OS. The highest BCUT2D eigenvalue weighted by molar-refractivity contribution is 7.98. The second kappa shape index (κ2) is 7.06. The van der Waals surface area contributed by atoms with Crippen LogP contribution in [0.25, 0.3) is 0 Å². The maximum atomic E-state index is 6.50. The van der Waals surface area contributed by atoms with Crippen molar-refractivity contribution >= 4 is 46.6 Å². The molecule has 1 aliphatic heterocycles. The summed E-state index contributed by atoms with van der Waals surface area (Å²) in [6, 6.07) is 13.1. The Morgan fingerprint density at radius 3 is 2.69 bits per heavy atom. The van der Waals surface area contributed by atoms with Gasteiger partial charge in [-0.05, 0) is 24.5 Å². The van der Waals surface area contributed by atoms with Crippen LogP contribution in [0.1, 0.15) is 17.2 Å². The SMILES string of the molecule is CSc1ncnn1CC1(c2ccccc2Cl)OC1c1ccc(Cl)cc1Cl. The Labute approximate surface area is 170 Å². The fourth-order valence-corrected chi connectivity index (χ4v) is 4.44. The summed E-state index contributed by atoms with van der Waals surface area (Å²) < 4.78 is 8.07. The van der Waals surface area contributed by atoms with Crippen molar-refractivity contribution < 1.29 is 4.74 Å². The third kappa shape index (κ3) is 3.12. The number of thioether (sulfide) groups is 1. The molecule has 1 aliphatic rings. The van der Waals surface area contributed by atoms with Crippen molar-refractivity contribution in [2.24, 2.45) is 0 Å². The molecule has 0 amide bonds. The van der Waals surface area contributed by atoms with Crippen molar-refractivity contribution in [3.05, 3.63) is 75.0 Å². The molecule has 4 nitrogen and oxygen atoms in total. The predicted octanol–water partition coefficient (Wildman–Crippen LogP) is 5.63. The molecule has 8 heteroatoms. The Kier molecular flexibility index (Phi) is 4.92. The van der Waals surface area contributed by atoms with E-state index in [2.05, 4.69) is 10.1 Å². The summed E-state index contributed by atoms with van der Waals surface area (Å²) in [6.07, 6.45) is 3.26. The lowest BCUT2D eigenvalue weighted by Crippen LogP contribution is -2.21. The molecule has 26 heavy (non-hydrogen) atoms. The van der Waals surface area contributed by atoms with Crippen LogP contribution in [0, 0.1) is 0 Å². The molecule has 0 radical (unpaired) electrons. The summed E-state index contributed by atoms with van der Waals surface area (Å²) in [7, 11) is 0. The predicted molar refractivity (Wildman–Crippen MR) is 105 cm³/mol. The van der Waals surface area contributed by atoms with Crippen LogP contribution in [0.2, 0.25) is 15.1 Å². The molecule has 0 aliphatic carbocycles. The lowest BCUT2D eigenvalue weighted by atomic mass is 9.91. The van der Waals surface area contributed by atoms with Gasteiger partial charge in [-0.1, -0.05) is 70.8 Å². The number of aromatic nitrogens is 3. The monoisotopic (exact) mass is 425 g/mol. The second-order valence-corrected chi connectivity index (χ2v) is 7.96. The lowest BCUT2D eigenvalue weighted by Gasteiger charge is -2.17. The van der Waals surface area contributed by atoms with Crippen molar-refractivity contribution in [2.75, 3.05) is 6.26 Å². The zero-order chi connectivity index (χ0) is 18.3. The molecule has 4 rings (SSSR count). The van der Waals surface area contributed by atoms with E-state index in [-0.39, 0.29) is 6.10 Å². The van der Waals surface area contributed by atoms with E-state index < -0.39 is 5.60 Å². The molecule has 1 saturated heterocycles. The highest BCUT2D eigenvalue weighted by atomic mass is 35.5. The zero-order valence-electron chi connectivity index (χ0n) is 13.7. The number of halogens is 3. The van der Waals surface area contributed by atoms with E-state index in [1.807, 2.05) is 47.3 Å². The number of hydrogen-bond acceptors (Lipinski definition) is 4.